The molecule has 2 nitrogen and oxygen atoms in total. The number of rotatable bonds is 3. The fourth-order valence-electron chi connectivity index (χ4n) is 3.39. The molecule has 0 atom stereocenters. The van der Waals surface area contributed by atoms with E-state index in [1.54, 1.807) is 0 Å². The summed E-state index contributed by atoms with van der Waals surface area (Å²) in [6.07, 6.45) is 7.65. The van der Waals surface area contributed by atoms with Crippen LogP contribution in [0.15, 0.2) is 72.8 Å². The fraction of sp³-hybridized carbons (Fsp3) is 0.182. The van der Waals surface area contributed by atoms with Gasteiger partial charge in [-0.1, -0.05) is 48.6 Å². The Labute approximate surface area is 155 Å². The van der Waals surface area contributed by atoms with E-state index in [4.69, 9.17) is 4.74 Å². The molecular formula is C22H22ClNO. The summed E-state index contributed by atoms with van der Waals surface area (Å²) in [6.45, 7) is 6.84. The molecule has 0 bridgehead atoms. The lowest BCUT2D eigenvalue weighted by molar-refractivity contribution is 0.328. The van der Waals surface area contributed by atoms with Crippen molar-refractivity contribution in [3.63, 3.8) is 0 Å². The van der Waals surface area contributed by atoms with Crippen LogP contribution in [0.5, 0.6) is 11.5 Å². The van der Waals surface area contributed by atoms with Crippen molar-refractivity contribution in [3.05, 3.63) is 84.0 Å². The Morgan fingerprint density at radius 2 is 1.80 bits per heavy atom. The van der Waals surface area contributed by atoms with Crippen LogP contribution in [0.4, 0.5) is 0 Å². The van der Waals surface area contributed by atoms with Crippen LogP contribution in [0, 0.1) is 0 Å². The Hall–Kier alpha value is -2.29. The molecule has 0 spiro atoms. The number of para-hydroxylation sites is 2. The summed E-state index contributed by atoms with van der Waals surface area (Å²) in [7, 11) is 0. The zero-order chi connectivity index (χ0) is 16.4. The lowest BCUT2D eigenvalue weighted by atomic mass is 9.91. The second kappa shape index (κ2) is 7.73. The molecule has 2 aromatic rings. The Morgan fingerprint density at radius 3 is 2.56 bits per heavy atom. The van der Waals surface area contributed by atoms with Gasteiger partial charge in [-0.3, -0.25) is 4.90 Å². The van der Waals surface area contributed by atoms with Gasteiger partial charge in [0.1, 0.15) is 11.5 Å². The summed E-state index contributed by atoms with van der Waals surface area (Å²) in [5.41, 5.74) is 5.01. The van der Waals surface area contributed by atoms with E-state index in [1.165, 1.54) is 16.7 Å². The van der Waals surface area contributed by atoms with E-state index in [2.05, 4.69) is 54.0 Å². The first kappa shape index (κ1) is 17.5. The van der Waals surface area contributed by atoms with Crippen molar-refractivity contribution in [1.82, 2.24) is 4.90 Å². The second-order valence-electron chi connectivity index (χ2n) is 6.22. The van der Waals surface area contributed by atoms with Crippen molar-refractivity contribution in [2.24, 2.45) is 0 Å². The van der Waals surface area contributed by atoms with Gasteiger partial charge in [0.2, 0.25) is 0 Å². The molecule has 2 aliphatic rings. The summed E-state index contributed by atoms with van der Waals surface area (Å²) >= 11 is 0. The van der Waals surface area contributed by atoms with Crippen molar-refractivity contribution in [1.29, 1.82) is 0 Å². The minimum atomic E-state index is 0. The topological polar surface area (TPSA) is 12.5 Å². The van der Waals surface area contributed by atoms with Gasteiger partial charge in [0.05, 0.1) is 0 Å². The maximum Gasteiger partial charge on any atom is 0.135 e. The van der Waals surface area contributed by atoms with Gasteiger partial charge < -0.3 is 4.74 Å². The molecule has 0 N–H and O–H groups in total. The van der Waals surface area contributed by atoms with Crippen molar-refractivity contribution in [3.8, 4) is 11.5 Å². The van der Waals surface area contributed by atoms with Crippen LogP contribution < -0.4 is 4.74 Å². The summed E-state index contributed by atoms with van der Waals surface area (Å²) in [5, 5.41) is 0. The molecule has 0 saturated heterocycles. The number of allylic oxidation sites excluding steroid dienone is 1. The van der Waals surface area contributed by atoms with Crippen LogP contribution in [0.1, 0.15) is 17.5 Å². The molecule has 0 unspecified atom stereocenters. The monoisotopic (exact) mass is 351 g/mol. The molecule has 0 radical (unpaired) electrons. The Bertz CT molecular complexity index is 837. The van der Waals surface area contributed by atoms with Gasteiger partial charge in [0.25, 0.3) is 0 Å². The lowest BCUT2D eigenvalue weighted by Crippen LogP contribution is -2.28. The summed E-state index contributed by atoms with van der Waals surface area (Å²) in [6, 6.07) is 16.6. The molecule has 2 heterocycles. The van der Waals surface area contributed by atoms with Crippen LogP contribution in [-0.4, -0.2) is 24.5 Å². The SMILES string of the molecule is C=CCN1CC=C(C2=Cc3ccccc3Oc3ccccc32)CC1.Cl. The highest BCUT2D eigenvalue weighted by molar-refractivity contribution is 5.95. The Balaban J connectivity index is 0.00000182. The van der Waals surface area contributed by atoms with Gasteiger partial charge in [-0.25, -0.2) is 0 Å². The number of fused-ring (bicyclic) bond motifs is 2. The molecule has 2 aliphatic heterocycles. The van der Waals surface area contributed by atoms with E-state index in [1.807, 2.05) is 24.3 Å². The van der Waals surface area contributed by atoms with Gasteiger partial charge in [0, 0.05) is 30.8 Å². The lowest BCUT2D eigenvalue weighted by Gasteiger charge is -2.26. The number of hydrogen-bond acceptors (Lipinski definition) is 2. The molecule has 25 heavy (non-hydrogen) atoms. The smallest absolute Gasteiger partial charge is 0.135 e. The van der Waals surface area contributed by atoms with Crippen molar-refractivity contribution < 1.29 is 4.74 Å². The van der Waals surface area contributed by atoms with Gasteiger partial charge in [-0.15, -0.1) is 19.0 Å². The van der Waals surface area contributed by atoms with E-state index < -0.39 is 0 Å². The largest absolute Gasteiger partial charge is 0.456 e. The molecule has 4 rings (SSSR count). The first-order valence-corrected chi connectivity index (χ1v) is 8.46. The quantitative estimate of drug-likeness (QED) is 0.670. The van der Waals surface area contributed by atoms with Gasteiger partial charge in [0.15, 0.2) is 0 Å². The summed E-state index contributed by atoms with van der Waals surface area (Å²) < 4.78 is 6.18. The second-order valence-corrected chi connectivity index (χ2v) is 6.22. The molecule has 0 saturated carbocycles. The molecule has 128 valence electrons. The summed E-state index contributed by atoms with van der Waals surface area (Å²) in [5.74, 6) is 1.85. The van der Waals surface area contributed by atoms with Crippen LogP contribution in [0.2, 0.25) is 0 Å². The third kappa shape index (κ3) is 3.55. The predicted octanol–water partition coefficient (Wildman–Crippen LogP) is 5.57. The molecule has 0 fully saturated rings. The van der Waals surface area contributed by atoms with Gasteiger partial charge in [-0.2, -0.15) is 0 Å². The third-order valence-corrected chi connectivity index (χ3v) is 4.64. The first-order valence-electron chi connectivity index (χ1n) is 8.46. The molecule has 0 amide bonds. The number of hydrogen-bond donors (Lipinski definition) is 0. The van der Waals surface area contributed by atoms with Crippen LogP contribution in [0.3, 0.4) is 0 Å². The van der Waals surface area contributed by atoms with E-state index in [0.717, 1.165) is 43.1 Å². The molecule has 0 aliphatic carbocycles. The Kier molecular flexibility index (Phi) is 5.42. The fourth-order valence-corrected chi connectivity index (χ4v) is 3.39. The highest BCUT2D eigenvalue weighted by atomic mass is 35.5. The molecular weight excluding hydrogens is 330 g/mol. The molecule has 3 heteroatoms. The van der Waals surface area contributed by atoms with Gasteiger partial charge >= 0.3 is 0 Å². The van der Waals surface area contributed by atoms with Crippen LogP contribution >= 0.6 is 12.4 Å². The third-order valence-electron chi connectivity index (χ3n) is 4.64. The average Bonchev–Trinajstić information content (AvgIpc) is 2.79. The van der Waals surface area contributed by atoms with Crippen LogP contribution in [-0.2, 0) is 0 Å². The number of halogens is 1. The maximum absolute atomic E-state index is 6.18. The van der Waals surface area contributed by atoms with Crippen molar-refractivity contribution in [2.45, 2.75) is 6.42 Å². The summed E-state index contributed by atoms with van der Waals surface area (Å²) in [4.78, 5) is 2.41. The van der Waals surface area contributed by atoms with Gasteiger partial charge in [-0.05, 0) is 35.8 Å². The highest BCUT2D eigenvalue weighted by Crippen LogP contribution is 2.41. The minimum Gasteiger partial charge on any atom is -0.456 e. The number of ether oxygens (including phenoxy) is 1. The standard InChI is InChI=1S/C22H21NO.ClH/c1-2-13-23-14-11-17(12-15-23)20-16-18-7-3-5-9-21(18)24-22-10-6-4-8-19(20)22;/h2-11,16H,1,12-15H2;1H. The Morgan fingerprint density at radius 1 is 1.04 bits per heavy atom. The molecule has 0 aromatic heterocycles. The van der Waals surface area contributed by atoms with E-state index in [0.29, 0.717) is 0 Å². The normalized spacial score (nSPS) is 16.2. The van der Waals surface area contributed by atoms with E-state index >= 15 is 0 Å². The minimum absolute atomic E-state index is 0. The number of benzene rings is 2. The van der Waals surface area contributed by atoms with E-state index in [-0.39, 0.29) is 12.4 Å². The first-order chi connectivity index (χ1) is 11.8. The van der Waals surface area contributed by atoms with Crippen molar-refractivity contribution >= 4 is 24.1 Å². The predicted molar refractivity (Wildman–Crippen MR) is 107 cm³/mol. The zero-order valence-corrected chi connectivity index (χ0v) is 15.0. The molecule has 2 aromatic carbocycles. The van der Waals surface area contributed by atoms with E-state index in [9.17, 15) is 0 Å². The highest BCUT2D eigenvalue weighted by Gasteiger charge is 2.21. The zero-order valence-electron chi connectivity index (χ0n) is 14.2. The van der Waals surface area contributed by atoms with Crippen LogP contribution in [0.25, 0.3) is 11.6 Å². The maximum atomic E-state index is 6.18. The van der Waals surface area contributed by atoms with Crippen molar-refractivity contribution in [2.75, 3.05) is 19.6 Å². The number of nitrogens with zero attached hydrogens (tertiary/aromatic N) is 1. The average molecular weight is 352 g/mol.